The highest BCUT2D eigenvalue weighted by Crippen LogP contribution is 2.26. The zero-order chi connectivity index (χ0) is 25.9. The van der Waals surface area contributed by atoms with E-state index in [4.69, 9.17) is 28.9 Å². The molecule has 10 heteroatoms. The predicted octanol–water partition coefficient (Wildman–Crippen LogP) is 4.54. The average molecular weight is 537 g/mol. The van der Waals surface area contributed by atoms with Crippen LogP contribution in [0.3, 0.4) is 0 Å². The SMILES string of the molecule is NCC1CCCN1C(=O)c1ccc(C(=O)NC(Cc2ccccn2)c2nc3cc(Cl)ccc3[nH]2)cc1Cl. The lowest BCUT2D eigenvalue weighted by Crippen LogP contribution is -2.40. The Morgan fingerprint density at radius 2 is 2.03 bits per heavy atom. The fraction of sp³-hybridized carbons (Fsp3) is 0.259. The molecule has 8 nitrogen and oxygen atoms in total. The highest BCUT2D eigenvalue weighted by Gasteiger charge is 2.30. The monoisotopic (exact) mass is 536 g/mol. The number of likely N-dealkylation sites (tertiary alicyclic amines) is 1. The number of carbonyl (C=O) groups excluding carboxylic acids is 2. The summed E-state index contributed by atoms with van der Waals surface area (Å²) < 4.78 is 0. The highest BCUT2D eigenvalue weighted by atomic mass is 35.5. The highest BCUT2D eigenvalue weighted by molar-refractivity contribution is 6.34. The van der Waals surface area contributed by atoms with Gasteiger partial charge in [-0.15, -0.1) is 0 Å². The van der Waals surface area contributed by atoms with Gasteiger partial charge in [0.2, 0.25) is 0 Å². The maximum absolute atomic E-state index is 13.3. The summed E-state index contributed by atoms with van der Waals surface area (Å²) in [6.45, 7) is 1.06. The van der Waals surface area contributed by atoms with E-state index in [2.05, 4.69) is 20.3 Å². The van der Waals surface area contributed by atoms with Crippen LogP contribution in [-0.4, -0.2) is 50.8 Å². The summed E-state index contributed by atoms with van der Waals surface area (Å²) in [7, 11) is 0. The summed E-state index contributed by atoms with van der Waals surface area (Å²) in [5.74, 6) is 0.0659. The molecule has 2 aromatic heterocycles. The van der Waals surface area contributed by atoms with Gasteiger partial charge in [-0.1, -0.05) is 29.3 Å². The molecule has 0 radical (unpaired) electrons. The number of fused-ring (bicyclic) bond motifs is 1. The van der Waals surface area contributed by atoms with E-state index in [-0.39, 0.29) is 22.9 Å². The van der Waals surface area contributed by atoms with Crippen LogP contribution in [0.15, 0.2) is 60.8 Å². The molecule has 0 spiro atoms. The van der Waals surface area contributed by atoms with Crippen LogP contribution in [0, 0.1) is 0 Å². The van der Waals surface area contributed by atoms with Crippen LogP contribution >= 0.6 is 23.2 Å². The van der Waals surface area contributed by atoms with Gasteiger partial charge in [-0.25, -0.2) is 4.98 Å². The lowest BCUT2D eigenvalue weighted by molar-refractivity contribution is 0.0740. The van der Waals surface area contributed by atoms with Gasteiger partial charge < -0.3 is 20.9 Å². The number of hydrogen-bond acceptors (Lipinski definition) is 5. The van der Waals surface area contributed by atoms with Gasteiger partial charge >= 0.3 is 0 Å². The fourth-order valence-corrected chi connectivity index (χ4v) is 5.11. The van der Waals surface area contributed by atoms with Crippen LogP contribution in [0.25, 0.3) is 11.0 Å². The van der Waals surface area contributed by atoms with Crippen molar-refractivity contribution in [3.8, 4) is 0 Å². The van der Waals surface area contributed by atoms with Crippen molar-refractivity contribution in [1.82, 2.24) is 25.2 Å². The molecule has 0 saturated carbocycles. The zero-order valence-electron chi connectivity index (χ0n) is 20.0. The van der Waals surface area contributed by atoms with Crippen LogP contribution in [0.2, 0.25) is 10.0 Å². The second-order valence-electron chi connectivity index (χ2n) is 9.06. The first-order chi connectivity index (χ1) is 17.9. The number of rotatable bonds is 7. The van der Waals surface area contributed by atoms with Crippen LogP contribution in [0.4, 0.5) is 0 Å². The molecule has 2 atom stereocenters. The second kappa shape index (κ2) is 10.9. The lowest BCUT2D eigenvalue weighted by Gasteiger charge is -2.24. The van der Waals surface area contributed by atoms with Gasteiger partial charge in [0.05, 0.1) is 27.7 Å². The van der Waals surface area contributed by atoms with Crippen molar-refractivity contribution in [2.45, 2.75) is 31.3 Å². The Morgan fingerprint density at radius 3 is 2.78 bits per heavy atom. The largest absolute Gasteiger partial charge is 0.342 e. The number of pyridine rings is 1. The third-order valence-electron chi connectivity index (χ3n) is 6.61. The van der Waals surface area contributed by atoms with Crippen molar-refractivity contribution >= 4 is 46.0 Å². The maximum atomic E-state index is 13.3. The molecule has 4 aromatic rings. The van der Waals surface area contributed by atoms with Crippen LogP contribution in [0.1, 0.15) is 51.1 Å². The zero-order valence-corrected chi connectivity index (χ0v) is 21.5. The van der Waals surface area contributed by atoms with E-state index in [9.17, 15) is 9.59 Å². The van der Waals surface area contributed by atoms with Crippen molar-refractivity contribution < 1.29 is 9.59 Å². The fourth-order valence-electron chi connectivity index (χ4n) is 4.68. The molecule has 5 rings (SSSR count). The van der Waals surface area contributed by atoms with E-state index in [1.165, 1.54) is 6.07 Å². The Morgan fingerprint density at radius 1 is 1.16 bits per heavy atom. The van der Waals surface area contributed by atoms with Gasteiger partial charge in [0, 0.05) is 48.0 Å². The number of nitrogens with two attached hydrogens (primary N) is 1. The van der Waals surface area contributed by atoms with E-state index in [1.54, 1.807) is 35.4 Å². The van der Waals surface area contributed by atoms with E-state index < -0.39 is 6.04 Å². The number of hydrogen-bond donors (Lipinski definition) is 3. The Balaban J connectivity index is 1.39. The molecule has 190 valence electrons. The topological polar surface area (TPSA) is 117 Å². The van der Waals surface area contributed by atoms with Crippen molar-refractivity contribution in [3.63, 3.8) is 0 Å². The molecular weight excluding hydrogens is 511 g/mol. The van der Waals surface area contributed by atoms with Gasteiger partial charge in [-0.05, 0) is 61.4 Å². The first-order valence-electron chi connectivity index (χ1n) is 12.1. The molecule has 37 heavy (non-hydrogen) atoms. The Kier molecular flexibility index (Phi) is 7.41. The smallest absolute Gasteiger partial charge is 0.255 e. The number of benzene rings is 2. The number of H-pyrrole nitrogens is 1. The molecular formula is C27H26Cl2N6O2. The molecule has 3 heterocycles. The predicted molar refractivity (Wildman–Crippen MR) is 144 cm³/mol. The Hall–Kier alpha value is -3.46. The third-order valence-corrected chi connectivity index (χ3v) is 7.16. The van der Waals surface area contributed by atoms with E-state index in [1.807, 2.05) is 24.3 Å². The summed E-state index contributed by atoms with van der Waals surface area (Å²) in [4.78, 5) is 40.5. The summed E-state index contributed by atoms with van der Waals surface area (Å²) >= 11 is 12.6. The number of imidazole rings is 1. The Labute approximate surface area is 224 Å². The van der Waals surface area contributed by atoms with Gasteiger partial charge in [-0.3, -0.25) is 14.6 Å². The molecule has 2 aromatic carbocycles. The van der Waals surface area contributed by atoms with E-state index >= 15 is 0 Å². The summed E-state index contributed by atoms with van der Waals surface area (Å²) in [6, 6.07) is 15.3. The summed E-state index contributed by atoms with van der Waals surface area (Å²) in [6.07, 6.45) is 3.92. The third kappa shape index (κ3) is 5.46. The summed E-state index contributed by atoms with van der Waals surface area (Å²) in [5, 5.41) is 3.84. The molecule has 1 saturated heterocycles. The summed E-state index contributed by atoms with van der Waals surface area (Å²) in [5.41, 5.74) is 8.83. The maximum Gasteiger partial charge on any atom is 0.255 e. The van der Waals surface area contributed by atoms with E-state index in [0.29, 0.717) is 47.0 Å². The Bertz CT molecular complexity index is 1440. The number of halogens is 2. The van der Waals surface area contributed by atoms with Crippen molar-refractivity contribution in [2.75, 3.05) is 13.1 Å². The van der Waals surface area contributed by atoms with Crippen LogP contribution in [0.5, 0.6) is 0 Å². The number of aromatic amines is 1. The number of carbonyl (C=O) groups is 2. The lowest BCUT2D eigenvalue weighted by atomic mass is 10.1. The quantitative estimate of drug-likeness (QED) is 0.320. The minimum Gasteiger partial charge on any atom is -0.342 e. The first-order valence-corrected chi connectivity index (χ1v) is 12.8. The van der Waals surface area contributed by atoms with E-state index in [0.717, 1.165) is 24.1 Å². The van der Waals surface area contributed by atoms with Gasteiger partial charge in [-0.2, -0.15) is 0 Å². The molecule has 1 fully saturated rings. The standard InChI is InChI=1S/C27H26Cl2N6O2/c28-17-7-9-22-23(13-17)33-25(32-22)24(14-18-4-1-2-10-31-18)34-26(36)16-6-8-20(21(29)12-16)27(37)35-11-3-5-19(35)15-30/h1-2,4,6-10,12-13,19,24H,3,5,11,14-15,30H2,(H,32,33)(H,34,36). The minimum atomic E-state index is -0.497. The van der Waals surface area contributed by atoms with Crippen molar-refractivity contribution in [2.24, 2.45) is 5.73 Å². The molecule has 1 aliphatic rings. The molecule has 1 aliphatic heterocycles. The number of nitrogens with zero attached hydrogens (tertiary/aromatic N) is 3. The van der Waals surface area contributed by atoms with Gasteiger partial charge in [0.25, 0.3) is 11.8 Å². The van der Waals surface area contributed by atoms with Crippen LogP contribution in [-0.2, 0) is 6.42 Å². The number of nitrogens with one attached hydrogen (secondary N) is 2. The van der Waals surface area contributed by atoms with Crippen molar-refractivity contribution in [3.05, 3.63) is 93.5 Å². The first kappa shape index (κ1) is 25.2. The normalized spacial score (nSPS) is 16.2. The van der Waals surface area contributed by atoms with Crippen LogP contribution < -0.4 is 11.1 Å². The molecule has 4 N–H and O–H groups in total. The van der Waals surface area contributed by atoms with Gasteiger partial charge in [0.1, 0.15) is 5.82 Å². The minimum absolute atomic E-state index is 0.0117. The number of aromatic nitrogens is 3. The van der Waals surface area contributed by atoms with Crippen molar-refractivity contribution in [1.29, 1.82) is 0 Å². The number of amides is 2. The van der Waals surface area contributed by atoms with Gasteiger partial charge in [0.15, 0.2) is 0 Å². The second-order valence-corrected chi connectivity index (χ2v) is 9.90. The molecule has 2 amide bonds. The average Bonchev–Trinajstić information content (AvgIpc) is 3.55. The molecule has 0 bridgehead atoms. The molecule has 2 unspecified atom stereocenters. The molecule has 0 aliphatic carbocycles.